The number of amides is 1. The number of allylic oxidation sites excluding steroid dienone is 1. The van der Waals surface area contributed by atoms with Gasteiger partial charge >= 0.3 is 6.09 Å². The van der Waals surface area contributed by atoms with Gasteiger partial charge in [-0.1, -0.05) is 48.5 Å². The fourth-order valence-electron chi connectivity index (χ4n) is 3.15. The number of Topliss-reactive ketones (excluding diaryl/α,β-unsaturated/α-hetero) is 1. The number of hydrogen-bond donors (Lipinski definition) is 1. The molecule has 0 aliphatic heterocycles. The van der Waals surface area contributed by atoms with E-state index in [-0.39, 0.29) is 16.2 Å². The van der Waals surface area contributed by atoms with E-state index in [1.54, 1.807) is 33.0 Å². The van der Waals surface area contributed by atoms with Crippen molar-refractivity contribution in [2.24, 2.45) is 0 Å². The third-order valence-corrected chi connectivity index (χ3v) is 5.05. The predicted octanol–water partition coefficient (Wildman–Crippen LogP) is 6.87. The largest absolute Gasteiger partial charge is 0.487 e. The Labute approximate surface area is 204 Å². The van der Waals surface area contributed by atoms with E-state index in [1.807, 2.05) is 43.3 Å². The number of ether oxygens (including phenoxy) is 2. The number of aryl methyl sites for hydroxylation is 1. The van der Waals surface area contributed by atoms with Gasteiger partial charge in [0.25, 0.3) is 0 Å². The Hall–Kier alpha value is -3.64. The molecule has 0 spiro atoms. The van der Waals surface area contributed by atoms with E-state index in [4.69, 9.17) is 21.1 Å². The Kier molecular flexibility index (Phi) is 7.74. The first-order valence-electron chi connectivity index (χ1n) is 10.7. The van der Waals surface area contributed by atoms with Crippen molar-refractivity contribution in [3.63, 3.8) is 0 Å². The lowest BCUT2D eigenvalue weighted by Crippen LogP contribution is -2.27. The summed E-state index contributed by atoms with van der Waals surface area (Å²) in [6, 6.07) is 16.2. The van der Waals surface area contributed by atoms with Crippen LogP contribution in [0.4, 0.5) is 10.5 Å². The van der Waals surface area contributed by atoms with Crippen molar-refractivity contribution >= 4 is 34.7 Å². The van der Waals surface area contributed by atoms with E-state index < -0.39 is 17.5 Å². The van der Waals surface area contributed by atoms with Crippen molar-refractivity contribution < 1.29 is 19.1 Å². The maximum Gasteiger partial charge on any atom is 0.412 e. The average Bonchev–Trinajstić information content (AvgIpc) is 2.77. The Bertz CT molecular complexity index is 1220. The second-order valence-corrected chi connectivity index (χ2v) is 9.15. The van der Waals surface area contributed by atoms with Crippen LogP contribution in [0, 0.1) is 6.92 Å². The van der Waals surface area contributed by atoms with Crippen molar-refractivity contribution in [2.75, 3.05) is 5.32 Å². The second-order valence-electron chi connectivity index (χ2n) is 8.74. The molecule has 0 saturated heterocycles. The summed E-state index contributed by atoms with van der Waals surface area (Å²) in [5.74, 6) is 0.193. The minimum absolute atomic E-state index is 0.184. The molecule has 3 rings (SSSR count). The Morgan fingerprint density at radius 3 is 2.44 bits per heavy atom. The Morgan fingerprint density at radius 2 is 1.79 bits per heavy atom. The molecular formula is C27H27ClN2O4. The van der Waals surface area contributed by atoms with Crippen LogP contribution in [0.2, 0.25) is 5.02 Å². The zero-order chi connectivity index (χ0) is 24.9. The van der Waals surface area contributed by atoms with Crippen LogP contribution in [-0.2, 0) is 11.3 Å². The minimum Gasteiger partial charge on any atom is -0.487 e. The highest BCUT2D eigenvalue weighted by atomic mass is 35.5. The zero-order valence-electron chi connectivity index (χ0n) is 19.6. The van der Waals surface area contributed by atoms with E-state index in [1.165, 1.54) is 12.1 Å². The first-order chi connectivity index (χ1) is 16.0. The van der Waals surface area contributed by atoms with Crippen molar-refractivity contribution in [2.45, 2.75) is 39.9 Å². The number of halogens is 1. The monoisotopic (exact) mass is 478 g/mol. The van der Waals surface area contributed by atoms with Crippen molar-refractivity contribution in [3.05, 3.63) is 94.8 Å². The first kappa shape index (κ1) is 25.0. The molecule has 3 aromatic rings. The smallest absolute Gasteiger partial charge is 0.412 e. The molecule has 0 unspecified atom stereocenters. The van der Waals surface area contributed by atoms with E-state index in [9.17, 15) is 9.59 Å². The van der Waals surface area contributed by atoms with Crippen LogP contribution in [0.25, 0.3) is 5.57 Å². The number of nitrogens with one attached hydrogen (secondary N) is 1. The number of hydrogen-bond acceptors (Lipinski definition) is 5. The molecule has 1 aromatic heterocycles. The number of aromatic nitrogens is 1. The summed E-state index contributed by atoms with van der Waals surface area (Å²) in [7, 11) is 0. The summed E-state index contributed by atoms with van der Waals surface area (Å²) in [4.78, 5) is 29.7. The van der Waals surface area contributed by atoms with Gasteiger partial charge in [0, 0.05) is 16.8 Å². The molecule has 0 radical (unpaired) electrons. The lowest BCUT2D eigenvalue weighted by molar-refractivity contribution is 0.0635. The standard InChI is InChI=1S/C27H27ClN2O4/c1-17-13-21(33-16-19-9-7-6-8-10-19)15-29-24(17)18(2)25(31)22-14-20(11-12-23(22)28)30-26(32)34-27(3,4)5/h6-15H,2,16H2,1,3-5H3,(H,30,32). The number of ketones is 1. The molecule has 0 atom stereocenters. The highest BCUT2D eigenvalue weighted by Crippen LogP contribution is 2.28. The van der Waals surface area contributed by atoms with E-state index in [2.05, 4.69) is 16.9 Å². The molecule has 1 heterocycles. The number of rotatable bonds is 7. The van der Waals surface area contributed by atoms with E-state index in [0.29, 0.717) is 23.7 Å². The number of anilines is 1. The van der Waals surface area contributed by atoms with Crippen LogP contribution in [0.3, 0.4) is 0 Å². The summed E-state index contributed by atoms with van der Waals surface area (Å²) in [5.41, 5.74) is 2.34. The van der Waals surface area contributed by atoms with Crippen molar-refractivity contribution in [1.82, 2.24) is 4.98 Å². The quantitative estimate of drug-likeness (QED) is 0.296. The molecule has 1 amide bonds. The molecule has 2 aromatic carbocycles. The third-order valence-electron chi connectivity index (χ3n) is 4.72. The molecular weight excluding hydrogens is 452 g/mol. The Balaban J connectivity index is 1.74. The maximum absolute atomic E-state index is 13.2. The van der Waals surface area contributed by atoms with Gasteiger partial charge in [0.15, 0.2) is 5.78 Å². The SMILES string of the molecule is C=C(C(=O)c1cc(NC(=O)OC(C)(C)C)ccc1Cl)c1ncc(OCc2ccccc2)cc1C. The van der Waals surface area contributed by atoms with E-state index in [0.717, 1.165) is 11.1 Å². The number of pyridine rings is 1. The second kappa shape index (κ2) is 10.5. The van der Waals surface area contributed by atoms with Crippen molar-refractivity contribution in [3.8, 4) is 5.75 Å². The molecule has 0 fully saturated rings. The molecule has 7 heteroatoms. The molecule has 176 valence electrons. The van der Waals surface area contributed by atoms with Gasteiger partial charge in [-0.05, 0) is 63.1 Å². The summed E-state index contributed by atoms with van der Waals surface area (Å²) in [6.45, 7) is 11.5. The van der Waals surface area contributed by atoms with Crippen LogP contribution >= 0.6 is 11.6 Å². The maximum atomic E-state index is 13.2. The fraction of sp³-hybridized carbons (Fsp3) is 0.222. The van der Waals surface area contributed by atoms with Gasteiger partial charge in [-0.15, -0.1) is 0 Å². The summed E-state index contributed by atoms with van der Waals surface area (Å²) in [5, 5.41) is 2.85. The van der Waals surface area contributed by atoms with Crippen molar-refractivity contribution in [1.29, 1.82) is 0 Å². The fourth-order valence-corrected chi connectivity index (χ4v) is 3.36. The van der Waals surface area contributed by atoms with Crippen LogP contribution in [0.5, 0.6) is 5.75 Å². The lowest BCUT2D eigenvalue weighted by Gasteiger charge is -2.20. The summed E-state index contributed by atoms with van der Waals surface area (Å²) in [6.07, 6.45) is 0.932. The first-order valence-corrected chi connectivity index (χ1v) is 11.1. The van der Waals surface area contributed by atoms with E-state index >= 15 is 0 Å². The minimum atomic E-state index is -0.649. The molecule has 1 N–H and O–H groups in total. The molecule has 0 bridgehead atoms. The summed E-state index contributed by atoms with van der Waals surface area (Å²) < 4.78 is 11.1. The molecule has 34 heavy (non-hydrogen) atoms. The predicted molar refractivity (Wildman–Crippen MR) is 134 cm³/mol. The average molecular weight is 479 g/mol. The third kappa shape index (κ3) is 6.68. The zero-order valence-corrected chi connectivity index (χ0v) is 20.4. The van der Waals surface area contributed by atoms with Crippen LogP contribution in [0.1, 0.15) is 48.0 Å². The molecule has 0 saturated carbocycles. The molecule has 0 aliphatic carbocycles. The van der Waals surface area contributed by atoms with Gasteiger partial charge < -0.3 is 9.47 Å². The lowest BCUT2D eigenvalue weighted by atomic mass is 9.98. The highest BCUT2D eigenvalue weighted by Gasteiger charge is 2.21. The highest BCUT2D eigenvalue weighted by molar-refractivity contribution is 6.39. The van der Waals surface area contributed by atoms with Gasteiger partial charge in [0.05, 0.1) is 16.9 Å². The molecule has 6 nitrogen and oxygen atoms in total. The van der Waals surface area contributed by atoms with Crippen LogP contribution < -0.4 is 10.1 Å². The summed E-state index contributed by atoms with van der Waals surface area (Å²) >= 11 is 6.28. The molecule has 0 aliphatic rings. The van der Waals surface area contributed by atoms with Gasteiger partial charge in [0.2, 0.25) is 0 Å². The van der Waals surface area contributed by atoms with Gasteiger partial charge in [-0.2, -0.15) is 0 Å². The number of carbonyl (C=O) groups excluding carboxylic acids is 2. The van der Waals surface area contributed by atoms with Gasteiger partial charge in [-0.3, -0.25) is 15.1 Å². The van der Waals surface area contributed by atoms with Gasteiger partial charge in [-0.25, -0.2) is 4.79 Å². The van der Waals surface area contributed by atoms with Gasteiger partial charge in [0.1, 0.15) is 18.0 Å². The number of benzene rings is 2. The Morgan fingerprint density at radius 1 is 1.09 bits per heavy atom. The topological polar surface area (TPSA) is 77.5 Å². The number of carbonyl (C=O) groups is 2. The van der Waals surface area contributed by atoms with Crippen LogP contribution in [0.15, 0.2) is 67.4 Å². The normalized spacial score (nSPS) is 11.0. The van der Waals surface area contributed by atoms with Crippen LogP contribution in [-0.4, -0.2) is 22.5 Å². The number of nitrogens with zero attached hydrogens (tertiary/aromatic N) is 1.